The average molecular weight is 147 g/mol. The van der Waals surface area contributed by atoms with Crippen molar-refractivity contribution in [3.05, 3.63) is 42.1 Å². The summed E-state index contributed by atoms with van der Waals surface area (Å²) in [6.07, 6.45) is 5.11. The molecule has 2 aromatic rings. The number of furan rings is 1. The van der Waals surface area contributed by atoms with E-state index in [9.17, 15) is 0 Å². The molecular weight excluding hydrogens is 140 g/mol. The summed E-state index contributed by atoms with van der Waals surface area (Å²) in [5.41, 5.74) is 1.01. The summed E-state index contributed by atoms with van der Waals surface area (Å²) in [4.78, 5) is 0. The van der Waals surface area contributed by atoms with Gasteiger partial charge in [-0.3, -0.25) is 5.10 Å². The van der Waals surface area contributed by atoms with Crippen LogP contribution in [0.5, 0.6) is 0 Å². The van der Waals surface area contributed by atoms with E-state index >= 15 is 0 Å². The van der Waals surface area contributed by atoms with E-state index < -0.39 is 0 Å². The number of aromatic nitrogens is 2. The zero-order chi connectivity index (χ0) is 7.52. The Hall–Kier alpha value is -1.51. The number of hydrogen-bond donors (Lipinski definition) is 1. The summed E-state index contributed by atoms with van der Waals surface area (Å²) in [7, 11) is 0. The highest BCUT2D eigenvalue weighted by molar-refractivity contribution is 5.09. The van der Waals surface area contributed by atoms with Crippen LogP contribution in [0.4, 0.5) is 0 Å². The lowest BCUT2D eigenvalue weighted by Gasteiger charge is -1.89. The standard InChI is InChI=1S/C8H7N2O/c1-2-8(11-5-1)6-7-3-4-9-10-7/h1-3,5H,6H2,(H,9,10). The van der Waals surface area contributed by atoms with Gasteiger partial charge >= 0.3 is 0 Å². The van der Waals surface area contributed by atoms with Crippen molar-refractivity contribution in [1.29, 1.82) is 0 Å². The fraction of sp³-hybridized carbons (Fsp3) is 0.125. The van der Waals surface area contributed by atoms with Gasteiger partial charge in [-0.2, -0.15) is 5.10 Å². The lowest BCUT2D eigenvalue weighted by atomic mass is 10.2. The molecule has 3 nitrogen and oxygen atoms in total. The zero-order valence-corrected chi connectivity index (χ0v) is 5.87. The molecule has 1 radical (unpaired) electrons. The van der Waals surface area contributed by atoms with Gasteiger partial charge < -0.3 is 4.42 Å². The molecular formula is C8H7N2O. The Kier molecular flexibility index (Phi) is 1.48. The van der Waals surface area contributed by atoms with Crippen molar-refractivity contribution in [2.75, 3.05) is 0 Å². The van der Waals surface area contributed by atoms with Crippen molar-refractivity contribution in [2.45, 2.75) is 6.42 Å². The maximum atomic E-state index is 5.15. The smallest absolute Gasteiger partial charge is 0.113 e. The zero-order valence-electron chi connectivity index (χ0n) is 5.87. The molecule has 2 heterocycles. The van der Waals surface area contributed by atoms with Crippen LogP contribution in [0.15, 0.2) is 28.9 Å². The summed E-state index contributed by atoms with van der Waals surface area (Å²) >= 11 is 0. The van der Waals surface area contributed by atoms with E-state index in [1.54, 1.807) is 6.26 Å². The number of nitrogens with zero attached hydrogens (tertiary/aromatic N) is 1. The minimum atomic E-state index is 0.753. The van der Waals surface area contributed by atoms with Gasteiger partial charge in [0.25, 0.3) is 0 Å². The first-order valence-corrected chi connectivity index (χ1v) is 3.38. The van der Waals surface area contributed by atoms with Gasteiger partial charge in [0.2, 0.25) is 0 Å². The highest BCUT2D eigenvalue weighted by Gasteiger charge is 1.98. The lowest BCUT2D eigenvalue weighted by Crippen LogP contribution is -1.84. The largest absolute Gasteiger partial charge is 0.469 e. The van der Waals surface area contributed by atoms with Crippen LogP contribution < -0.4 is 0 Å². The summed E-state index contributed by atoms with van der Waals surface area (Å²) < 4.78 is 5.15. The van der Waals surface area contributed by atoms with E-state index in [0.717, 1.165) is 17.9 Å². The van der Waals surface area contributed by atoms with Crippen LogP contribution in [0.3, 0.4) is 0 Å². The normalized spacial score (nSPS) is 10.2. The van der Waals surface area contributed by atoms with Crippen molar-refractivity contribution in [3.63, 3.8) is 0 Å². The topological polar surface area (TPSA) is 41.8 Å². The summed E-state index contributed by atoms with van der Waals surface area (Å²) in [5.74, 6) is 0.933. The minimum absolute atomic E-state index is 0.753. The monoisotopic (exact) mass is 147 g/mol. The molecule has 1 N–H and O–H groups in total. The Morgan fingerprint density at radius 1 is 1.64 bits per heavy atom. The second-order valence-corrected chi connectivity index (χ2v) is 2.28. The van der Waals surface area contributed by atoms with Crippen LogP contribution in [0, 0.1) is 6.20 Å². The molecule has 0 bridgehead atoms. The Morgan fingerprint density at radius 3 is 3.27 bits per heavy atom. The van der Waals surface area contributed by atoms with Crippen LogP contribution in [0.25, 0.3) is 0 Å². The van der Waals surface area contributed by atoms with Crippen molar-refractivity contribution < 1.29 is 4.42 Å². The van der Waals surface area contributed by atoms with Crippen molar-refractivity contribution in [3.8, 4) is 0 Å². The highest BCUT2D eigenvalue weighted by atomic mass is 16.3. The van der Waals surface area contributed by atoms with Gasteiger partial charge in [0, 0.05) is 12.1 Å². The van der Waals surface area contributed by atoms with Gasteiger partial charge in [0.05, 0.1) is 6.26 Å². The third-order valence-electron chi connectivity index (χ3n) is 1.45. The average Bonchev–Trinajstić information content (AvgIpc) is 2.60. The Bertz CT molecular complexity index is 264. The Morgan fingerprint density at radius 2 is 2.64 bits per heavy atom. The quantitative estimate of drug-likeness (QED) is 0.697. The van der Waals surface area contributed by atoms with Gasteiger partial charge in [0.1, 0.15) is 12.0 Å². The molecule has 0 aromatic carbocycles. The Balaban J connectivity index is 2.14. The van der Waals surface area contributed by atoms with Crippen molar-refractivity contribution >= 4 is 0 Å². The molecule has 0 fully saturated rings. The minimum Gasteiger partial charge on any atom is -0.469 e. The second-order valence-electron chi connectivity index (χ2n) is 2.28. The van der Waals surface area contributed by atoms with Crippen molar-refractivity contribution in [2.24, 2.45) is 0 Å². The number of nitrogens with one attached hydrogen (secondary N) is 1. The molecule has 0 spiro atoms. The van der Waals surface area contributed by atoms with Gasteiger partial charge in [-0.25, -0.2) is 0 Å². The summed E-state index contributed by atoms with van der Waals surface area (Å²) in [6.45, 7) is 0. The predicted molar refractivity (Wildman–Crippen MR) is 38.9 cm³/mol. The second kappa shape index (κ2) is 2.62. The lowest BCUT2D eigenvalue weighted by molar-refractivity contribution is 0.519. The Labute approximate surface area is 64.0 Å². The fourth-order valence-corrected chi connectivity index (χ4v) is 0.938. The summed E-state index contributed by atoms with van der Waals surface area (Å²) in [6, 6.07) is 5.61. The third-order valence-corrected chi connectivity index (χ3v) is 1.45. The molecule has 0 aliphatic rings. The summed E-state index contributed by atoms with van der Waals surface area (Å²) in [5, 5.41) is 6.52. The van der Waals surface area contributed by atoms with Gasteiger partial charge in [0.15, 0.2) is 0 Å². The molecule has 0 saturated heterocycles. The molecule has 0 aliphatic carbocycles. The number of rotatable bonds is 2. The predicted octanol–water partition coefficient (Wildman–Crippen LogP) is 1.39. The van der Waals surface area contributed by atoms with Gasteiger partial charge in [-0.1, -0.05) is 0 Å². The molecule has 55 valence electrons. The van der Waals surface area contributed by atoms with E-state index in [2.05, 4.69) is 16.4 Å². The fourth-order valence-electron chi connectivity index (χ4n) is 0.938. The van der Waals surface area contributed by atoms with Gasteiger partial charge in [-0.15, -0.1) is 0 Å². The first-order chi connectivity index (χ1) is 5.45. The van der Waals surface area contributed by atoms with E-state index in [4.69, 9.17) is 4.42 Å². The molecule has 0 saturated carbocycles. The van der Waals surface area contributed by atoms with E-state index in [1.807, 2.05) is 18.2 Å². The highest BCUT2D eigenvalue weighted by Crippen LogP contribution is 2.05. The molecule has 3 heteroatoms. The molecule has 2 aromatic heterocycles. The molecule has 0 unspecified atom stereocenters. The first-order valence-electron chi connectivity index (χ1n) is 3.38. The molecule has 0 aliphatic heterocycles. The number of aromatic amines is 1. The maximum absolute atomic E-state index is 5.15. The molecule has 0 amide bonds. The molecule has 11 heavy (non-hydrogen) atoms. The number of H-pyrrole nitrogens is 1. The third kappa shape index (κ3) is 1.32. The van der Waals surface area contributed by atoms with Crippen LogP contribution in [0.1, 0.15) is 11.5 Å². The molecule has 2 rings (SSSR count). The van der Waals surface area contributed by atoms with E-state index in [-0.39, 0.29) is 0 Å². The molecule has 0 atom stereocenters. The van der Waals surface area contributed by atoms with Crippen LogP contribution in [0.2, 0.25) is 0 Å². The SMILES string of the molecule is [c]1cc(Cc2ccco2)[nH]n1. The van der Waals surface area contributed by atoms with Crippen LogP contribution in [-0.2, 0) is 6.42 Å². The van der Waals surface area contributed by atoms with Crippen LogP contribution >= 0.6 is 0 Å². The number of hydrogen-bond acceptors (Lipinski definition) is 2. The van der Waals surface area contributed by atoms with E-state index in [1.165, 1.54) is 0 Å². The van der Waals surface area contributed by atoms with E-state index in [0.29, 0.717) is 0 Å². The van der Waals surface area contributed by atoms with Gasteiger partial charge in [-0.05, 0) is 18.2 Å². The van der Waals surface area contributed by atoms with Crippen molar-refractivity contribution in [1.82, 2.24) is 10.2 Å². The first kappa shape index (κ1) is 6.22. The van der Waals surface area contributed by atoms with Crippen LogP contribution in [-0.4, -0.2) is 10.2 Å². The maximum Gasteiger partial charge on any atom is 0.113 e.